The first kappa shape index (κ1) is 23.2. The van der Waals surface area contributed by atoms with E-state index in [9.17, 15) is 0 Å². The van der Waals surface area contributed by atoms with Gasteiger partial charge in [-0.2, -0.15) is 11.1 Å². The Morgan fingerprint density at radius 1 is 0.652 bits per heavy atom. The Labute approximate surface area is 153 Å². The topological polar surface area (TPSA) is 0 Å². The van der Waals surface area contributed by atoms with Crippen LogP contribution in [0.15, 0.2) is 12.3 Å². The van der Waals surface area contributed by atoms with Crippen molar-refractivity contribution in [3.05, 3.63) is 12.3 Å². The highest BCUT2D eigenvalue weighted by atomic mass is 35.6. The van der Waals surface area contributed by atoms with Gasteiger partial charge >= 0.3 is 0 Å². The van der Waals surface area contributed by atoms with E-state index in [1.165, 1.54) is 109 Å². The van der Waals surface area contributed by atoms with E-state index in [2.05, 4.69) is 20.0 Å². The van der Waals surface area contributed by atoms with Crippen molar-refractivity contribution < 1.29 is 0 Å². The first-order valence-electron chi connectivity index (χ1n) is 10.4. The van der Waals surface area contributed by atoms with Crippen LogP contribution in [0.5, 0.6) is 0 Å². The van der Waals surface area contributed by atoms with Gasteiger partial charge in [-0.15, -0.1) is 6.58 Å². The molecule has 0 rings (SSSR count). The Balaban J connectivity index is 3.07. The van der Waals surface area contributed by atoms with E-state index in [4.69, 9.17) is 11.1 Å². The minimum absolute atomic E-state index is 1.20. The molecule has 0 aromatic heterocycles. The summed E-state index contributed by atoms with van der Waals surface area (Å²) >= 11 is 6.41. The van der Waals surface area contributed by atoms with Crippen LogP contribution >= 0.6 is 11.1 Å². The molecule has 0 amide bonds. The first-order chi connectivity index (χ1) is 11.1. The number of unbranched alkanes of at least 4 members (excludes halogenated alkanes) is 15. The Hall–Kier alpha value is 0.247. The summed E-state index contributed by atoms with van der Waals surface area (Å²) in [6, 6.07) is 1.20. The standard InChI is InChI=1S/C21H43ClSi/c1-4-6-7-8-9-10-11-12-13-14-15-16-17-18-19-20-21-23(3,22)5-2/h5H,2,4,6-21H2,1,3H3. The van der Waals surface area contributed by atoms with Gasteiger partial charge in [0.2, 0.25) is 0 Å². The van der Waals surface area contributed by atoms with Crippen molar-refractivity contribution >= 4 is 18.5 Å². The molecule has 0 spiro atoms. The molecule has 138 valence electrons. The number of hydrogen-bond acceptors (Lipinski definition) is 0. The highest BCUT2D eigenvalue weighted by Gasteiger charge is 2.18. The van der Waals surface area contributed by atoms with Crippen molar-refractivity contribution in [2.45, 2.75) is 122 Å². The Morgan fingerprint density at radius 2 is 0.957 bits per heavy atom. The zero-order valence-corrected chi connectivity index (χ0v) is 17.9. The molecule has 1 unspecified atom stereocenters. The average Bonchev–Trinajstić information content (AvgIpc) is 2.54. The molecular weight excluding hydrogens is 316 g/mol. The lowest BCUT2D eigenvalue weighted by Gasteiger charge is -2.13. The van der Waals surface area contributed by atoms with Gasteiger partial charge in [0.25, 0.3) is 0 Å². The Bertz CT molecular complexity index is 250. The summed E-state index contributed by atoms with van der Waals surface area (Å²) in [7, 11) is -1.55. The maximum atomic E-state index is 6.41. The van der Waals surface area contributed by atoms with E-state index in [0.29, 0.717) is 0 Å². The van der Waals surface area contributed by atoms with Crippen LogP contribution in [-0.4, -0.2) is 7.38 Å². The van der Waals surface area contributed by atoms with Crippen LogP contribution in [0.2, 0.25) is 12.6 Å². The van der Waals surface area contributed by atoms with Crippen molar-refractivity contribution in [3.8, 4) is 0 Å². The van der Waals surface area contributed by atoms with Crippen LogP contribution in [0.25, 0.3) is 0 Å². The van der Waals surface area contributed by atoms with E-state index in [1.54, 1.807) is 0 Å². The maximum absolute atomic E-state index is 6.41. The first-order valence-corrected chi connectivity index (χ1v) is 14.2. The second-order valence-electron chi connectivity index (χ2n) is 7.54. The van der Waals surface area contributed by atoms with Crippen molar-refractivity contribution in [2.75, 3.05) is 0 Å². The predicted molar refractivity (Wildman–Crippen MR) is 112 cm³/mol. The minimum Gasteiger partial charge on any atom is -0.162 e. The molecule has 0 aromatic rings. The Kier molecular flexibility index (Phi) is 17.3. The summed E-state index contributed by atoms with van der Waals surface area (Å²) in [6.45, 7) is 8.35. The smallest absolute Gasteiger partial charge is 0.162 e. The van der Waals surface area contributed by atoms with Gasteiger partial charge in [0.15, 0.2) is 7.38 Å². The molecular formula is C21H43ClSi. The lowest BCUT2D eigenvalue weighted by atomic mass is 10.0. The highest BCUT2D eigenvalue weighted by molar-refractivity contribution is 7.22. The van der Waals surface area contributed by atoms with E-state index in [-0.39, 0.29) is 0 Å². The normalized spacial score (nSPS) is 13.9. The quantitative estimate of drug-likeness (QED) is 0.130. The third-order valence-corrected chi connectivity index (χ3v) is 8.16. The average molecular weight is 359 g/mol. The van der Waals surface area contributed by atoms with Crippen LogP contribution in [-0.2, 0) is 0 Å². The minimum atomic E-state index is -1.55. The van der Waals surface area contributed by atoms with Gasteiger partial charge in [-0.25, -0.2) is 0 Å². The van der Waals surface area contributed by atoms with Gasteiger partial charge in [0.05, 0.1) is 0 Å². The third kappa shape index (κ3) is 18.4. The van der Waals surface area contributed by atoms with E-state index < -0.39 is 7.38 Å². The van der Waals surface area contributed by atoms with E-state index in [0.717, 1.165) is 0 Å². The monoisotopic (exact) mass is 358 g/mol. The van der Waals surface area contributed by atoms with Crippen LogP contribution in [0.4, 0.5) is 0 Å². The van der Waals surface area contributed by atoms with E-state index >= 15 is 0 Å². The van der Waals surface area contributed by atoms with Crippen LogP contribution in [0, 0.1) is 0 Å². The molecule has 2 heteroatoms. The summed E-state index contributed by atoms with van der Waals surface area (Å²) < 4.78 is 0. The largest absolute Gasteiger partial charge is 0.176 e. The zero-order valence-electron chi connectivity index (χ0n) is 16.2. The highest BCUT2D eigenvalue weighted by Crippen LogP contribution is 2.20. The van der Waals surface area contributed by atoms with Crippen molar-refractivity contribution in [2.24, 2.45) is 0 Å². The second-order valence-corrected chi connectivity index (χ2v) is 13.6. The molecule has 0 saturated carbocycles. The maximum Gasteiger partial charge on any atom is 0.176 e. The molecule has 0 N–H and O–H groups in total. The van der Waals surface area contributed by atoms with Crippen LogP contribution in [0.3, 0.4) is 0 Å². The van der Waals surface area contributed by atoms with Gasteiger partial charge in [0, 0.05) is 0 Å². The van der Waals surface area contributed by atoms with Crippen LogP contribution < -0.4 is 0 Å². The number of hydrogen-bond donors (Lipinski definition) is 0. The van der Waals surface area contributed by atoms with Crippen molar-refractivity contribution in [1.29, 1.82) is 0 Å². The lowest BCUT2D eigenvalue weighted by molar-refractivity contribution is 0.531. The molecule has 0 aliphatic carbocycles. The molecule has 0 bridgehead atoms. The van der Waals surface area contributed by atoms with Crippen molar-refractivity contribution in [1.82, 2.24) is 0 Å². The summed E-state index contributed by atoms with van der Waals surface area (Å²) in [5, 5.41) is 0. The molecule has 0 saturated heterocycles. The second kappa shape index (κ2) is 17.1. The van der Waals surface area contributed by atoms with Gasteiger partial charge < -0.3 is 0 Å². The van der Waals surface area contributed by atoms with Gasteiger partial charge in [-0.1, -0.05) is 122 Å². The van der Waals surface area contributed by atoms with Gasteiger partial charge in [-0.05, 0) is 6.04 Å². The van der Waals surface area contributed by atoms with Gasteiger partial charge in [0.1, 0.15) is 0 Å². The molecule has 1 atom stereocenters. The lowest BCUT2D eigenvalue weighted by Crippen LogP contribution is -2.17. The number of halogens is 1. The molecule has 0 nitrogen and oxygen atoms in total. The third-order valence-electron chi connectivity index (χ3n) is 4.94. The molecule has 0 fully saturated rings. The Morgan fingerprint density at radius 3 is 1.26 bits per heavy atom. The predicted octanol–water partition coefficient (Wildman–Crippen LogP) is 8.79. The molecule has 0 heterocycles. The summed E-state index contributed by atoms with van der Waals surface area (Å²) in [5.74, 6) is 0. The molecule has 0 aliphatic rings. The van der Waals surface area contributed by atoms with Crippen LogP contribution in [0.1, 0.15) is 110 Å². The zero-order chi connectivity index (χ0) is 17.2. The fourth-order valence-electron chi connectivity index (χ4n) is 3.12. The fraction of sp³-hybridized carbons (Fsp3) is 0.905. The van der Waals surface area contributed by atoms with Gasteiger partial charge in [-0.3, -0.25) is 0 Å². The summed E-state index contributed by atoms with van der Waals surface area (Å²) in [5.41, 5.74) is 2.01. The van der Waals surface area contributed by atoms with Crippen molar-refractivity contribution in [3.63, 3.8) is 0 Å². The molecule has 0 aromatic carbocycles. The number of rotatable bonds is 18. The molecule has 0 aliphatic heterocycles. The molecule has 23 heavy (non-hydrogen) atoms. The fourth-order valence-corrected chi connectivity index (χ4v) is 4.67. The SMILES string of the molecule is C=C[Si](C)(Cl)CCCCCCCCCCCCCCCCCC. The summed E-state index contributed by atoms with van der Waals surface area (Å²) in [4.78, 5) is 0. The van der Waals surface area contributed by atoms with E-state index in [1.807, 2.05) is 5.70 Å². The summed E-state index contributed by atoms with van der Waals surface area (Å²) in [6.07, 6.45) is 22.9. The molecule has 0 radical (unpaired) electrons.